The summed E-state index contributed by atoms with van der Waals surface area (Å²) in [5.41, 5.74) is 3.44. The van der Waals surface area contributed by atoms with Gasteiger partial charge in [0.2, 0.25) is 0 Å². The number of carbonyl (C=O) groups excluding carboxylic acids is 1. The van der Waals surface area contributed by atoms with Gasteiger partial charge < -0.3 is 4.74 Å². The highest BCUT2D eigenvalue weighted by Crippen LogP contribution is 2.36. The molecule has 166 valence electrons. The number of nitro benzene ring substituents is 1. The van der Waals surface area contributed by atoms with Crippen LogP contribution < -0.4 is 4.74 Å². The van der Waals surface area contributed by atoms with Gasteiger partial charge in [-0.2, -0.15) is 0 Å². The first-order valence-electron chi connectivity index (χ1n) is 10.2. The van der Waals surface area contributed by atoms with Gasteiger partial charge in [0.1, 0.15) is 16.7 Å². The number of hydrogen-bond donors (Lipinski definition) is 0. The molecule has 8 heteroatoms. The van der Waals surface area contributed by atoms with Gasteiger partial charge in [0.05, 0.1) is 16.4 Å². The predicted octanol–water partition coefficient (Wildman–Crippen LogP) is 5.88. The summed E-state index contributed by atoms with van der Waals surface area (Å²) >= 11 is 6.61. The zero-order valence-electron chi connectivity index (χ0n) is 17.8. The largest absolute Gasteiger partial charge is 0.488 e. The van der Waals surface area contributed by atoms with E-state index in [9.17, 15) is 14.9 Å². The predicted molar refractivity (Wildman–Crippen MR) is 134 cm³/mol. The Bertz CT molecular complexity index is 1260. The molecule has 1 fully saturated rings. The lowest BCUT2D eigenvalue weighted by atomic mass is 10.1. The molecule has 3 aromatic rings. The van der Waals surface area contributed by atoms with E-state index in [0.29, 0.717) is 33.7 Å². The van der Waals surface area contributed by atoms with E-state index in [1.54, 1.807) is 12.1 Å². The molecule has 0 atom stereocenters. The zero-order chi connectivity index (χ0) is 23.4. The minimum Gasteiger partial charge on any atom is -0.488 e. The van der Waals surface area contributed by atoms with Gasteiger partial charge in [0.25, 0.3) is 11.6 Å². The summed E-state index contributed by atoms with van der Waals surface area (Å²) in [5, 5.41) is 11.3. The smallest absolute Gasteiger partial charge is 0.270 e. The highest BCUT2D eigenvalue weighted by Gasteiger charge is 2.32. The van der Waals surface area contributed by atoms with Crippen molar-refractivity contribution in [3.05, 3.63) is 110 Å². The van der Waals surface area contributed by atoms with Gasteiger partial charge in [-0.1, -0.05) is 78.6 Å². The van der Waals surface area contributed by atoms with Crippen LogP contribution in [0.15, 0.2) is 77.7 Å². The lowest BCUT2D eigenvalue weighted by Crippen LogP contribution is -2.27. The number of thiocarbonyl (C=S) groups is 1. The van der Waals surface area contributed by atoms with Crippen LogP contribution in [0.4, 0.5) is 5.69 Å². The Balaban J connectivity index is 1.62. The molecule has 0 bridgehead atoms. The van der Waals surface area contributed by atoms with Crippen molar-refractivity contribution < 1.29 is 14.5 Å². The van der Waals surface area contributed by atoms with Crippen LogP contribution in [0.2, 0.25) is 0 Å². The molecule has 1 saturated heterocycles. The molecule has 0 saturated carbocycles. The van der Waals surface area contributed by atoms with E-state index < -0.39 is 4.92 Å². The van der Waals surface area contributed by atoms with Crippen molar-refractivity contribution in [3.63, 3.8) is 0 Å². The molecule has 1 heterocycles. The number of thioether (sulfide) groups is 1. The number of ether oxygens (including phenoxy) is 1. The quantitative estimate of drug-likeness (QED) is 0.183. The molecule has 1 amide bonds. The van der Waals surface area contributed by atoms with Crippen LogP contribution in [-0.2, 0) is 17.9 Å². The number of nitrogens with zero attached hydrogens (tertiary/aromatic N) is 2. The van der Waals surface area contributed by atoms with Crippen LogP contribution in [0, 0.1) is 17.0 Å². The van der Waals surface area contributed by atoms with Crippen LogP contribution in [0.1, 0.15) is 22.3 Å². The molecule has 6 nitrogen and oxygen atoms in total. The third kappa shape index (κ3) is 5.30. The number of rotatable bonds is 7. The van der Waals surface area contributed by atoms with Crippen molar-refractivity contribution in [2.24, 2.45) is 0 Å². The first-order chi connectivity index (χ1) is 15.9. The molecular weight excluding hydrogens is 456 g/mol. The normalized spacial score (nSPS) is 14.7. The number of aryl methyl sites for hydroxylation is 1. The Morgan fingerprint density at radius 1 is 1.09 bits per heavy atom. The lowest BCUT2D eigenvalue weighted by Gasteiger charge is -2.14. The Labute approximate surface area is 201 Å². The summed E-state index contributed by atoms with van der Waals surface area (Å²) in [7, 11) is 0. The van der Waals surface area contributed by atoms with Crippen LogP contribution >= 0.6 is 24.0 Å². The van der Waals surface area contributed by atoms with Crippen LogP contribution in [0.25, 0.3) is 6.08 Å². The SMILES string of the molecule is Cc1ccccc1COc1ccc([N+](=O)[O-])cc1/C=C1/SC(=S)N(Cc2ccccc2)C1=O. The fourth-order valence-corrected chi connectivity index (χ4v) is 4.61. The molecule has 0 N–H and O–H groups in total. The van der Waals surface area contributed by atoms with E-state index in [1.807, 2.05) is 61.5 Å². The van der Waals surface area contributed by atoms with Gasteiger partial charge in [-0.05, 0) is 35.8 Å². The molecule has 0 unspecified atom stereocenters. The van der Waals surface area contributed by atoms with Crippen molar-refractivity contribution in [2.75, 3.05) is 0 Å². The van der Waals surface area contributed by atoms with Crippen molar-refractivity contribution >= 4 is 46.0 Å². The van der Waals surface area contributed by atoms with Crippen LogP contribution in [0.5, 0.6) is 5.75 Å². The molecule has 1 aliphatic heterocycles. The van der Waals surface area contributed by atoms with E-state index >= 15 is 0 Å². The van der Waals surface area contributed by atoms with Gasteiger partial charge in [-0.25, -0.2) is 0 Å². The van der Waals surface area contributed by atoms with Gasteiger partial charge in [0, 0.05) is 17.7 Å². The van der Waals surface area contributed by atoms with Gasteiger partial charge in [-0.15, -0.1) is 0 Å². The fourth-order valence-electron chi connectivity index (χ4n) is 3.36. The molecule has 0 aliphatic carbocycles. The molecule has 33 heavy (non-hydrogen) atoms. The highest BCUT2D eigenvalue weighted by molar-refractivity contribution is 8.26. The van der Waals surface area contributed by atoms with E-state index in [1.165, 1.54) is 28.8 Å². The van der Waals surface area contributed by atoms with Gasteiger partial charge in [-0.3, -0.25) is 19.8 Å². The maximum Gasteiger partial charge on any atom is 0.270 e. The molecule has 0 aromatic heterocycles. The minimum absolute atomic E-state index is 0.0794. The molecular formula is C25H20N2O4S2. The second-order valence-electron chi connectivity index (χ2n) is 7.45. The summed E-state index contributed by atoms with van der Waals surface area (Å²) in [6.45, 7) is 2.67. The highest BCUT2D eigenvalue weighted by atomic mass is 32.2. The third-order valence-corrected chi connectivity index (χ3v) is 6.57. The van der Waals surface area contributed by atoms with E-state index in [-0.39, 0.29) is 11.6 Å². The number of carbonyl (C=O) groups is 1. The van der Waals surface area contributed by atoms with Crippen molar-refractivity contribution in [2.45, 2.75) is 20.1 Å². The maximum atomic E-state index is 13.1. The Morgan fingerprint density at radius 3 is 2.55 bits per heavy atom. The van der Waals surface area contributed by atoms with Gasteiger partial charge in [0.15, 0.2) is 0 Å². The van der Waals surface area contributed by atoms with Crippen LogP contribution in [0.3, 0.4) is 0 Å². The average Bonchev–Trinajstić information content (AvgIpc) is 3.07. The summed E-state index contributed by atoms with van der Waals surface area (Å²) in [6, 6.07) is 21.8. The molecule has 0 radical (unpaired) electrons. The number of nitro groups is 1. The van der Waals surface area contributed by atoms with Crippen molar-refractivity contribution in [1.29, 1.82) is 0 Å². The first kappa shape index (κ1) is 22.7. The topological polar surface area (TPSA) is 72.7 Å². The number of hydrogen-bond acceptors (Lipinski definition) is 6. The van der Waals surface area contributed by atoms with Crippen LogP contribution in [-0.4, -0.2) is 20.1 Å². The summed E-state index contributed by atoms with van der Waals surface area (Å²) in [4.78, 5) is 25.9. The second-order valence-corrected chi connectivity index (χ2v) is 9.12. The monoisotopic (exact) mass is 476 g/mol. The first-order valence-corrected chi connectivity index (χ1v) is 11.4. The maximum absolute atomic E-state index is 13.1. The van der Waals surface area contributed by atoms with Gasteiger partial charge >= 0.3 is 0 Å². The van der Waals surface area contributed by atoms with Crippen molar-refractivity contribution in [3.8, 4) is 5.75 Å². The average molecular weight is 477 g/mol. The summed E-state index contributed by atoms with van der Waals surface area (Å²) in [6.07, 6.45) is 1.62. The molecule has 4 rings (SSSR count). The molecule has 3 aromatic carbocycles. The van der Waals surface area contributed by atoms with Crippen molar-refractivity contribution in [1.82, 2.24) is 4.90 Å². The number of non-ortho nitro benzene ring substituents is 1. The van der Waals surface area contributed by atoms with E-state index in [2.05, 4.69) is 0 Å². The summed E-state index contributed by atoms with van der Waals surface area (Å²) < 4.78 is 6.45. The Hall–Kier alpha value is -3.49. The third-order valence-electron chi connectivity index (χ3n) is 5.19. The fraction of sp³-hybridized carbons (Fsp3) is 0.120. The number of amides is 1. The number of benzene rings is 3. The second kappa shape index (κ2) is 9.97. The summed E-state index contributed by atoms with van der Waals surface area (Å²) in [5.74, 6) is 0.224. The lowest BCUT2D eigenvalue weighted by molar-refractivity contribution is -0.384. The molecule has 1 aliphatic rings. The standard InChI is InChI=1S/C25H20N2O4S2/c1-17-7-5-6-10-19(17)16-31-22-12-11-21(27(29)30)13-20(22)14-23-24(28)26(25(32)33-23)15-18-8-3-2-4-9-18/h2-14H,15-16H2,1H3/b23-14+. The minimum atomic E-state index is -0.469. The Kier molecular flexibility index (Phi) is 6.86. The Morgan fingerprint density at radius 2 is 1.82 bits per heavy atom. The van der Waals surface area contributed by atoms with E-state index in [0.717, 1.165) is 16.7 Å². The zero-order valence-corrected chi connectivity index (χ0v) is 19.4. The molecule has 0 spiro atoms. The van der Waals surface area contributed by atoms with E-state index in [4.69, 9.17) is 17.0 Å².